The normalized spacial score (nSPS) is 10.6. The summed E-state index contributed by atoms with van der Waals surface area (Å²) in [4.78, 5) is 24.2. The number of methoxy groups -OCH3 is 1. The summed E-state index contributed by atoms with van der Waals surface area (Å²) < 4.78 is 15.9. The fraction of sp³-hybridized carbons (Fsp3) is 0.333. The molecule has 2 aromatic carbocycles. The van der Waals surface area contributed by atoms with Crippen molar-refractivity contribution in [3.63, 3.8) is 0 Å². The van der Waals surface area contributed by atoms with Crippen molar-refractivity contribution in [1.29, 1.82) is 0 Å². The highest BCUT2D eigenvalue weighted by Gasteiger charge is 2.12. The molecule has 6 heteroatoms. The predicted molar refractivity (Wildman–Crippen MR) is 103 cm³/mol. The van der Waals surface area contributed by atoms with Gasteiger partial charge in [0.15, 0.2) is 0 Å². The van der Waals surface area contributed by atoms with Crippen LogP contribution in [0.1, 0.15) is 47.1 Å². The Kier molecular flexibility index (Phi) is 7.37. The summed E-state index contributed by atoms with van der Waals surface area (Å²) in [5, 5.41) is 2.81. The van der Waals surface area contributed by atoms with E-state index in [4.69, 9.17) is 14.2 Å². The Morgan fingerprint density at radius 2 is 1.70 bits per heavy atom. The Morgan fingerprint density at radius 3 is 2.30 bits per heavy atom. The third-order valence-electron chi connectivity index (χ3n) is 3.77. The number of hydrogen-bond acceptors (Lipinski definition) is 5. The summed E-state index contributed by atoms with van der Waals surface area (Å²) in [5.41, 5.74) is 2.32. The zero-order chi connectivity index (χ0) is 19.8. The van der Waals surface area contributed by atoms with Crippen LogP contribution in [0.2, 0.25) is 0 Å². The van der Waals surface area contributed by atoms with E-state index in [1.807, 2.05) is 13.8 Å². The van der Waals surface area contributed by atoms with E-state index in [1.165, 1.54) is 0 Å². The third kappa shape index (κ3) is 5.82. The highest BCUT2D eigenvalue weighted by atomic mass is 16.5. The van der Waals surface area contributed by atoms with Crippen molar-refractivity contribution in [2.75, 3.05) is 19.0 Å². The van der Waals surface area contributed by atoms with Gasteiger partial charge in [-0.1, -0.05) is 0 Å². The Balaban J connectivity index is 2.10. The fourth-order valence-electron chi connectivity index (χ4n) is 2.40. The van der Waals surface area contributed by atoms with Crippen LogP contribution in [-0.4, -0.2) is 31.7 Å². The van der Waals surface area contributed by atoms with Gasteiger partial charge in [-0.2, -0.15) is 0 Å². The number of esters is 1. The third-order valence-corrected chi connectivity index (χ3v) is 3.77. The molecule has 6 nitrogen and oxygen atoms in total. The van der Waals surface area contributed by atoms with Gasteiger partial charge < -0.3 is 19.5 Å². The SMILES string of the molecule is CCOC(=O)c1ccc(NC(=O)c2ccc(OC)c(COC(C)C)c2)cc1. The second kappa shape index (κ2) is 9.73. The summed E-state index contributed by atoms with van der Waals surface area (Å²) in [6.45, 7) is 6.32. The van der Waals surface area contributed by atoms with Gasteiger partial charge in [-0.25, -0.2) is 4.79 Å². The monoisotopic (exact) mass is 371 g/mol. The molecular weight excluding hydrogens is 346 g/mol. The zero-order valence-corrected chi connectivity index (χ0v) is 16.1. The molecule has 0 spiro atoms. The van der Waals surface area contributed by atoms with Crippen molar-refractivity contribution in [3.05, 3.63) is 59.2 Å². The van der Waals surface area contributed by atoms with Gasteiger partial charge in [-0.3, -0.25) is 4.79 Å². The lowest BCUT2D eigenvalue weighted by atomic mass is 10.1. The lowest BCUT2D eigenvalue weighted by molar-refractivity contribution is 0.0526. The highest BCUT2D eigenvalue weighted by molar-refractivity contribution is 6.04. The molecule has 0 saturated carbocycles. The van der Waals surface area contributed by atoms with E-state index in [1.54, 1.807) is 56.5 Å². The number of hydrogen-bond donors (Lipinski definition) is 1. The van der Waals surface area contributed by atoms with Gasteiger partial charge >= 0.3 is 5.97 Å². The summed E-state index contributed by atoms with van der Waals surface area (Å²) in [6.07, 6.45) is 0.0742. The van der Waals surface area contributed by atoms with E-state index in [2.05, 4.69) is 5.32 Å². The molecule has 2 rings (SSSR count). The highest BCUT2D eigenvalue weighted by Crippen LogP contribution is 2.22. The molecule has 0 radical (unpaired) electrons. The number of ether oxygens (including phenoxy) is 3. The van der Waals surface area contributed by atoms with Gasteiger partial charge in [0.25, 0.3) is 5.91 Å². The first kappa shape index (κ1) is 20.5. The molecule has 0 aromatic heterocycles. The molecule has 0 aliphatic rings. The Morgan fingerprint density at radius 1 is 1.04 bits per heavy atom. The first-order chi connectivity index (χ1) is 12.9. The standard InChI is InChI=1S/C21H25NO5/c1-5-26-21(24)15-6-9-18(10-7-15)22-20(23)16-8-11-19(25-4)17(12-16)13-27-14(2)3/h6-12,14H,5,13H2,1-4H3,(H,22,23). The van der Waals surface area contributed by atoms with E-state index in [9.17, 15) is 9.59 Å². The van der Waals surface area contributed by atoms with Crippen molar-refractivity contribution in [3.8, 4) is 5.75 Å². The quantitative estimate of drug-likeness (QED) is 0.709. The maximum absolute atomic E-state index is 12.5. The first-order valence-corrected chi connectivity index (χ1v) is 8.81. The van der Waals surface area contributed by atoms with E-state index in [0.29, 0.717) is 35.8 Å². The molecule has 0 aliphatic carbocycles. The van der Waals surface area contributed by atoms with E-state index >= 15 is 0 Å². The van der Waals surface area contributed by atoms with Gasteiger partial charge in [-0.05, 0) is 63.2 Å². The molecule has 2 aromatic rings. The van der Waals surface area contributed by atoms with Crippen molar-refractivity contribution < 1.29 is 23.8 Å². The van der Waals surface area contributed by atoms with Crippen molar-refractivity contribution >= 4 is 17.6 Å². The molecule has 0 atom stereocenters. The van der Waals surface area contributed by atoms with Gasteiger partial charge in [-0.15, -0.1) is 0 Å². The Bertz CT molecular complexity index is 784. The van der Waals surface area contributed by atoms with E-state index in [-0.39, 0.29) is 18.0 Å². The summed E-state index contributed by atoms with van der Waals surface area (Å²) in [7, 11) is 1.58. The largest absolute Gasteiger partial charge is 0.496 e. The molecule has 1 amide bonds. The molecule has 0 aliphatic heterocycles. The maximum Gasteiger partial charge on any atom is 0.338 e. The maximum atomic E-state index is 12.5. The van der Waals surface area contributed by atoms with Crippen LogP contribution in [0, 0.1) is 0 Å². The number of amides is 1. The molecular formula is C21H25NO5. The molecule has 27 heavy (non-hydrogen) atoms. The molecule has 0 heterocycles. The van der Waals surface area contributed by atoms with Crippen LogP contribution in [0.15, 0.2) is 42.5 Å². The number of carbonyl (C=O) groups is 2. The smallest absolute Gasteiger partial charge is 0.338 e. The lowest BCUT2D eigenvalue weighted by Gasteiger charge is -2.13. The fourth-order valence-corrected chi connectivity index (χ4v) is 2.40. The molecule has 0 fully saturated rings. The predicted octanol–water partition coefficient (Wildman–Crippen LogP) is 4.05. The van der Waals surface area contributed by atoms with Crippen LogP contribution in [0.5, 0.6) is 5.75 Å². The van der Waals surface area contributed by atoms with E-state index in [0.717, 1.165) is 5.56 Å². The molecule has 0 bridgehead atoms. The van der Waals surface area contributed by atoms with Gasteiger partial charge in [0.2, 0.25) is 0 Å². The Hall–Kier alpha value is -2.86. The van der Waals surface area contributed by atoms with Gasteiger partial charge in [0.05, 0.1) is 32.0 Å². The number of rotatable bonds is 8. The first-order valence-electron chi connectivity index (χ1n) is 8.81. The number of anilines is 1. The van der Waals surface area contributed by atoms with E-state index < -0.39 is 0 Å². The van der Waals surface area contributed by atoms with Crippen LogP contribution in [0.25, 0.3) is 0 Å². The minimum absolute atomic E-state index is 0.0742. The van der Waals surface area contributed by atoms with Crippen molar-refractivity contribution in [2.24, 2.45) is 0 Å². The second-order valence-corrected chi connectivity index (χ2v) is 6.14. The average molecular weight is 371 g/mol. The van der Waals surface area contributed by atoms with Crippen LogP contribution in [0.4, 0.5) is 5.69 Å². The van der Waals surface area contributed by atoms with Crippen LogP contribution < -0.4 is 10.1 Å². The van der Waals surface area contributed by atoms with Crippen LogP contribution in [-0.2, 0) is 16.1 Å². The average Bonchev–Trinajstić information content (AvgIpc) is 2.66. The zero-order valence-electron chi connectivity index (χ0n) is 16.1. The molecule has 144 valence electrons. The van der Waals surface area contributed by atoms with Crippen LogP contribution in [0.3, 0.4) is 0 Å². The Labute approximate surface area is 159 Å². The number of carbonyl (C=O) groups excluding carboxylic acids is 2. The number of nitrogens with one attached hydrogen (secondary N) is 1. The summed E-state index contributed by atoms with van der Waals surface area (Å²) in [6, 6.07) is 11.8. The van der Waals surface area contributed by atoms with Crippen molar-refractivity contribution in [1.82, 2.24) is 0 Å². The molecule has 1 N–H and O–H groups in total. The minimum atomic E-state index is -0.389. The second-order valence-electron chi connectivity index (χ2n) is 6.14. The summed E-state index contributed by atoms with van der Waals surface area (Å²) in [5.74, 6) is 0.0265. The van der Waals surface area contributed by atoms with Gasteiger partial charge in [0, 0.05) is 16.8 Å². The summed E-state index contributed by atoms with van der Waals surface area (Å²) >= 11 is 0. The molecule has 0 saturated heterocycles. The lowest BCUT2D eigenvalue weighted by Crippen LogP contribution is -2.13. The number of benzene rings is 2. The van der Waals surface area contributed by atoms with Crippen LogP contribution >= 0.6 is 0 Å². The molecule has 0 unspecified atom stereocenters. The topological polar surface area (TPSA) is 73.9 Å². The van der Waals surface area contributed by atoms with Crippen molar-refractivity contribution in [2.45, 2.75) is 33.5 Å². The van der Waals surface area contributed by atoms with Gasteiger partial charge in [0.1, 0.15) is 5.75 Å². The minimum Gasteiger partial charge on any atom is -0.496 e.